The van der Waals surface area contributed by atoms with Crippen molar-refractivity contribution in [2.75, 3.05) is 6.61 Å². The Hall–Kier alpha value is -2.95. The summed E-state index contributed by atoms with van der Waals surface area (Å²) in [5.74, 6) is -0.0899. The molecule has 0 aromatic heterocycles. The summed E-state index contributed by atoms with van der Waals surface area (Å²) in [6.45, 7) is 3.92. The molecule has 0 aromatic carbocycles. The molecular formula is C48H79NO3. The molecule has 3 N–H and O–H groups in total. The van der Waals surface area contributed by atoms with Crippen molar-refractivity contribution >= 4 is 5.91 Å². The molecule has 0 rings (SSSR count). The maximum Gasteiger partial charge on any atom is 0.220 e. The van der Waals surface area contributed by atoms with Gasteiger partial charge in [-0.1, -0.05) is 181 Å². The van der Waals surface area contributed by atoms with Crippen LogP contribution in [0.4, 0.5) is 0 Å². The molecule has 0 spiro atoms. The van der Waals surface area contributed by atoms with Crippen LogP contribution in [0.5, 0.6) is 0 Å². The minimum Gasteiger partial charge on any atom is -0.394 e. The van der Waals surface area contributed by atoms with Crippen LogP contribution in [0.3, 0.4) is 0 Å². The van der Waals surface area contributed by atoms with E-state index in [1.54, 1.807) is 6.08 Å². The van der Waals surface area contributed by atoms with E-state index in [1.807, 2.05) is 13.0 Å². The Morgan fingerprint density at radius 2 is 0.885 bits per heavy atom. The Kier molecular flexibility index (Phi) is 40.1. The van der Waals surface area contributed by atoms with Crippen molar-refractivity contribution in [2.45, 2.75) is 180 Å². The molecule has 0 radical (unpaired) electrons. The van der Waals surface area contributed by atoms with Crippen LogP contribution in [-0.4, -0.2) is 34.9 Å². The third-order valence-electron chi connectivity index (χ3n) is 8.81. The van der Waals surface area contributed by atoms with Gasteiger partial charge >= 0.3 is 0 Å². The Labute approximate surface area is 321 Å². The van der Waals surface area contributed by atoms with Gasteiger partial charge < -0.3 is 15.5 Å². The van der Waals surface area contributed by atoms with Crippen molar-refractivity contribution < 1.29 is 15.0 Å². The summed E-state index contributed by atoms with van der Waals surface area (Å²) in [4.78, 5) is 12.3. The first-order valence-corrected chi connectivity index (χ1v) is 21.1. The number of unbranched alkanes of at least 4 members (excludes halogenated alkanes) is 14. The molecule has 0 bridgehead atoms. The van der Waals surface area contributed by atoms with Crippen LogP contribution in [-0.2, 0) is 4.79 Å². The average molecular weight is 718 g/mol. The second-order valence-electron chi connectivity index (χ2n) is 13.7. The summed E-state index contributed by atoms with van der Waals surface area (Å²) in [5.41, 5.74) is 0. The largest absolute Gasteiger partial charge is 0.394 e. The summed E-state index contributed by atoms with van der Waals surface area (Å²) in [5, 5.41) is 22.8. The highest BCUT2D eigenvalue weighted by molar-refractivity contribution is 5.76. The topological polar surface area (TPSA) is 69.6 Å². The molecule has 52 heavy (non-hydrogen) atoms. The van der Waals surface area contributed by atoms with Gasteiger partial charge in [0.15, 0.2) is 0 Å². The third-order valence-corrected chi connectivity index (χ3v) is 8.81. The SMILES string of the molecule is C/C=C/CC/C=C/CC/C=C/C(O)C(CO)NC(=O)CCCCCCCCCCCCCC/C=C\C/C=C\C/C=C\C/C=C\C/C=C\C/C=C\CC. The summed E-state index contributed by atoms with van der Waals surface area (Å²) in [6, 6.07) is -0.650. The van der Waals surface area contributed by atoms with E-state index >= 15 is 0 Å². The molecule has 0 fully saturated rings. The van der Waals surface area contributed by atoms with Gasteiger partial charge in [0.2, 0.25) is 5.91 Å². The number of carbonyl (C=O) groups excluding carboxylic acids is 1. The van der Waals surface area contributed by atoms with Crippen molar-refractivity contribution in [3.63, 3.8) is 0 Å². The Bertz CT molecular complexity index is 1040. The summed E-state index contributed by atoms with van der Waals surface area (Å²) in [7, 11) is 0. The van der Waals surface area contributed by atoms with E-state index in [2.05, 4.69) is 109 Å². The van der Waals surface area contributed by atoms with Crippen LogP contribution < -0.4 is 5.32 Å². The van der Waals surface area contributed by atoms with Crippen molar-refractivity contribution in [2.24, 2.45) is 0 Å². The van der Waals surface area contributed by atoms with Gasteiger partial charge in [0, 0.05) is 6.42 Å². The Morgan fingerprint density at radius 1 is 0.500 bits per heavy atom. The molecule has 0 saturated heterocycles. The number of hydrogen-bond acceptors (Lipinski definition) is 3. The molecule has 0 aliphatic heterocycles. The zero-order chi connectivity index (χ0) is 37.8. The number of allylic oxidation sites excluding steroid dienone is 17. The smallest absolute Gasteiger partial charge is 0.220 e. The van der Waals surface area contributed by atoms with Crippen LogP contribution in [0.2, 0.25) is 0 Å². The minimum atomic E-state index is -0.874. The molecule has 1 amide bonds. The molecule has 2 unspecified atom stereocenters. The first kappa shape index (κ1) is 49.1. The first-order valence-electron chi connectivity index (χ1n) is 21.1. The van der Waals surface area contributed by atoms with Gasteiger partial charge in [-0.05, 0) is 90.4 Å². The van der Waals surface area contributed by atoms with Gasteiger partial charge in [-0.3, -0.25) is 4.79 Å². The van der Waals surface area contributed by atoms with Crippen molar-refractivity contribution in [3.8, 4) is 0 Å². The van der Waals surface area contributed by atoms with E-state index in [4.69, 9.17) is 0 Å². The van der Waals surface area contributed by atoms with Crippen LogP contribution >= 0.6 is 0 Å². The fourth-order valence-corrected chi connectivity index (χ4v) is 5.63. The van der Waals surface area contributed by atoms with E-state index in [-0.39, 0.29) is 12.5 Å². The highest BCUT2D eigenvalue weighted by Gasteiger charge is 2.17. The second-order valence-corrected chi connectivity index (χ2v) is 13.7. The number of amides is 1. The number of carbonyl (C=O) groups is 1. The maximum atomic E-state index is 12.3. The number of aliphatic hydroxyl groups excluding tert-OH is 2. The van der Waals surface area contributed by atoms with Crippen molar-refractivity contribution in [1.82, 2.24) is 5.32 Å². The van der Waals surface area contributed by atoms with Gasteiger partial charge in [0.1, 0.15) is 0 Å². The quantitative estimate of drug-likeness (QED) is 0.0446. The van der Waals surface area contributed by atoms with Gasteiger partial charge in [0.05, 0.1) is 18.8 Å². The van der Waals surface area contributed by atoms with E-state index in [9.17, 15) is 15.0 Å². The highest BCUT2D eigenvalue weighted by Crippen LogP contribution is 2.13. The lowest BCUT2D eigenvalue weighted by molar-refractivity contribution is -0.123. The van der Waals surface area contributed by atoms with Crippen LogP contribution in [0.15, 0.2) is 109 Å². The van der Waals surface area contributed by atoms with Crippen LogP contribution in [0, 0.1) is 0 Å². The van der Waals surface area contributed by atoms with Gasteiger partial charge in [0.25, 0.3) is 0 Å². The number of rotatable bonds is 36. The molecule has 0 aliphatic carbocycles. The normalized spacial score (nSPS) is 14.2. The molecule has 0 saturated carbocycles. The summed E-state index contributed by atoms with van der Waals surface area (Å²) >= 11 is 0. The highest BCUT2D eigenvalue weighted by atomic mass is 16.3. The van der Waals surface area contributed by atoms with Gasteiger partial charge in [-0.25, -0.2) is 0 Å². The standard InChI is InChI=1S/C48H79NO3/c1-3-5-7-9-11-13-14-15-16-17-18-19-20-21-22-23-24-25-26-27-28-29-30-31-32-33-34-36-38-40-42-44-48(52)49-46(45-50)47(51)43-41-39-37-35-12-10-8-6-4-2/h4-7,11-13,15-16,18-19,21-22,24-25,35,41,43,46-47,50-51H,3,8-10,14,17,20,23,26-34,36-40,42,44-45H2,1-2H3,(H,49,52)/b6-4+,7-5-,13-11-,16-15-,19-18-,22-21-,25-24-,35-12+,43-41+. The van der Waals surface area contributed by atoms with E-state index in [0.717, 1.165) is 77.0 Å². The van der Waals surface area contributed by atoms with Crippen molar-refractivity contribution in [3.05, 3.63) is 109 Å². The van der Waals surface area contributed by atoms with E-state index in [0.29, 0.717) is 6.42 Å². The number of aliphatic hydroxyl groups is 2. The zero-order valence-electron chi connectivity index (χ0n) is 33.5. The molecule has 294 valence electrons. The molecule has 4 heteroatoms. The fraction of sp³-hybridized carbons (Fsp3) is 0.604. The zero-order valence-corrected chi connectivity index (χ0v) is 33.5. The lowest BCUT2D eigenvalue weighted by Gasteiger charge is -2.19. The lowest BCUT2D eigenvalue weighted by atomic mass is 10.0. The first-order chi connectivity index (χ1) is 25.7. The molecule has 0 aliphatic rings. The predicted molar refractivity (Wildman–Crippen MR) is 229 cm³/mol. The summed E-state index contributed by atoms with van der Waals surface area (Å²) in [6.07, 6.45) is 65.0. The molecule has 0 heterocycles. The Balaban J connectivity index is 3.58. The monoisotopic (exact) mass is 718 g/mol. The second kappa shape index (κ2) is 42.5. The van der Waals surface area contributed by atoms with Crippen LogP contribution in [0.25, 0.3) is 0 Å². The number of nitrogens with one attached hydrogen (secondary N) is 1. The van der Waals surface area contributed by atoms with E-state index in [1.165, 1.54) is 70.6 Å². The van der Waals surface area contributed by atoms with Gasteiger partial charge in [-0.2, -0.15) is 0 Å². The predicted octanol–water partition coefficient (Wildman–Crippen LogP) is 13.2. The van der Waals surface area contributed by atoms with Crippen LogP contribution in [0.1, 0.15) is 168 Å². The fourth-order valence-electron chi connectivity index (χ4n) is 5.63. The maximum absolute atomic E-state index is 12.3. The molecule has 4 nitrogen and oxygen atoms in total. The lowest BCUT2D eigenvalue weighted by Crippen LogP contribution is -2.45. The van der Waals surface area contributed by atoms with E-state index < -0.39 is 12.1 Å². The minimum absolute atomic E-state index is 0.0899. The summed E-state index contributed by atoms with van der Waals surface area (Å²) < 4.78 is 0. The molecular weight excluding hydrogens is 639 g/mol. The van der Waals surface area contributed by atoms with Gasteiger partial charge in [-0.15, -0.1) is 0 Å². The molecule has 2 atom stereocenters. The molecule has 0 aromatic rings. The third kappa shape index (κ3) is 38.3. The number of hydrogen-bond donors (Lipinski definition) is 3. The van der Waals surface area contributed by atoms with Crippen molar-refractivity contribution in [1.29, 1.82) is 0 Å². The Morgan fingerprint density at radius 3 is 1.35 bits per heavy atom. The average Bonchev–Trinajstić information content (AvgIpc) is 3.15.